The lowest BCUT2D eigenvalue weighted by Crippen LogP contribution is -2.35. The molecule has 15 heavy (non-hydrogen) atoms. The molecule has 1 saturated heterocycles. The lowest BCUT2D eigenvalue weighted by molar-refractivity contribution is -0.118. The van der Waals surface area contributed by atoms with Gasteiger partial charge in [0.15, 0.2) is 5.78 Å². The number of hydrogen-bond acceptors (Lipinski definition) is 2. The fourth-order valence-corrected chi connectivity index (χ4v) is 2.20. The molecule has 0 atom stereocenters. The smallest absolute Gasteiger partial charge is 0.152 e. The first-order valence-electron chi connectivity index (χ1n) is 5.19. The van der Waals surface area contributed by atoms with Crippen LogP contribution in [-0.2, 0) is 4.79 Å². The third-order valence-electron chi connectivity index (χ3n) is 2.77. The van der Waals surface area contributed by atoms with E-state index in [1.54, 1.807) is 0 Å². The molecule has 0 amide bonds. The van der Waals surface area contributed by atoms with Gasteiger partial charge in [0, 0.05) is 23.1 Å². The molecule has 0 bridgehead atoms. The Hall–Kier alpha value is -0.830. The maximum absolute atomic E-state index is 11.3. The number of Topliss-reactive ketones (excluding diaryl/α,β-unsaturated/α-hetero) is 1. The summed E-state index contributed by atoms with van der Waals surface area (Å²) in [5, 5.41) is 0. The average molecular weight is 268 g/mol. The van der Waals surface area contributed by atoms with Crippen LogP contribution in [0.5, 0.6) is 0 Å². The van der Waals surface area contributed by atoms with E-state index in [4.69, 9.17) is 0 Å². The monoisotopic (exact) mass is 267 g/mol. The van der Waals surface area contributed by atoms with Gasteiger partial charge in [0.25, 0.3) is 0 Å². The van der Waals surface area contributed by atoms with E-state index in [0.29, 0.717) is 12.3 Å². The number of halogens is 1. The Morgan fingerprint density at radius 1 is 1.40 bits per heavy atom. The average Bonchev–Trinajstić information content (AvgIpc) is 2.22. The minimum absolute atomic E-state index is 0.345. The molecule has 1 aromatic carbocycles. The van der Waals surface area contributed by atoms with E-state index >= 15 is 0 Å². The Morgan fingerprint density at radius 2 is 2.20 bits per heavy atom. The van der Waals surface area contributed by atoms with Crippen molar-refractivity contribution in [3.63, 3.8) is 0 Å². The van der Waals surface area contributed by atoms with Crippen molar-refractivity contribution in [3.05, 3.63) is 28.2 Å². The van der Waals surface area contributed by atoms with Gasteiger partial charge in [-0.05, 0) is 31.0 Å². The number of carbonyl (C=O) groups excluding carboxylic acids is 1. The van der Waals surface area contributed by atoms with Crippen LogP contribution in [0.1, 0.15) is 18.4 Å². The Bertz CT molecular complexity index is 389. The number of piperidine rings is 1. The molecular weight excluding hydrogens is 254 g/mol. The molecule has 1 heterocycles. The van der Waals surface area contributed by atoms with Gasteiger partial charge in [-0.2, -0.15) is 0 Å². The number of ketones is 1. The highest BCUT2D eigenvalue weighted by Crippen LogP contribution is 2.25. The highest BCUT2D eigenvalue weighted by atomic mass is 79.9. The van der Waals surface area contributed by atoms with Crippen LogP contribution in [0.25, 0.3) is 0 Å². The van der Waals surface area contributed by atoms with Crippen molar-refractivity contribution in [2.24, 2.45) is 0 Å². The van der Waals surface area contributed by atoms with Crippen LogP contribution in [0.4, 0.5) is 5.69 Å². The molecule has 1 aliphatic heterocycles. The molecule has 1 aliphatic rings. The van der Waals surface area contributed by atoms with Crippen molar-refractivity contribution in [2.45, 2.75) is 19.8 Å². The fraction of sp³-hybridized carbons (Fsp3) is 0.417. The van der Waals surface area contributed by atoms with Crippen LogP contribution in [0, 0.1) is 6.92 Å². The number of aryl methyl sites for hydroxylation is 1. The first kappa shape index (κ1) is 10.7. The summed E-state index contributed by atoms with van der Waals surface area (Å²) in [4.78, 5) is 13.5. The quantitative estimate of drug-likeness (QED) is 0.780. The molecule has 1 aromatic rings. The van der Waals surface area contributed by atoms with Gasteiger partial charge in [-0.15, -0.1) is 0 Å². The van der Waals surface area contributed by atoms with Crippen LogP contribution >= 0.6 is 15.9 Å². The van der Waals surface area contributed by atoms with E-state index in [1.807, 2.05) is 0 Å². The van der Waals surface area contributed by atoms with Crippen molar-refractivity contribution in [2.75, 3.05) is 18.0 Å². The van der Waals surface area contributed by atoms with E-state index < -0.39 is 0 Å². The summed E-state index contributed by atoms with van der Waals surface area (Å²) < 4.78 is 1.11. The number of anilines is 1. The molecule has 0 N–H and O–H groups in total. The second kappa shape index (κ2) is 4.35. The third kappa shape index (κ3) is 2.40. The first-order valence-corrected chi connectivity index (χ1v) is 5.99. The summed E-state index contributed by atoms with van der Waals surface area (Å²) in [6.07, 6.45) is 1.72. The predicted molar refractivity (Wildman–Crippen MR) is 65.3 cm³/mol. The van der Waals surface area contributed by atoms with Gasteiger partial charge in [-0.3, -0.25) is 4.79 Å². The van der Waals surface area contributed by atoms with Crippen LogP contribution in [-0.4, -0.2) is 18.9 Å². The Kier molecular flexibility index (Phi) is 3.10. The first-order chi connectivity index (χ1) is 7.16. The number of benzene rings is 1. The minimum atomic E-state index is 0.345. The van der Waals surface area contributed by atoms with E-state index in [0.717, 1.165) is 29.5 Å². The fourth-order valence-electron chi connectivity index (χ4n) is 1.84. The summed E-state index contributed by atoms with van der Waals surface area (Å²) in [6.45, 7) is 3.62. The number of carbonyl (C=O) groups is 1. The summed E-state index contributed by atoms with van der Waals surface area (Å²) in [5.41, 5.74) is 2.36. The van der Waals surface area contributed by atoms with Crippen LogP contribution in [0.15, 0.2) is 22.7 Å². The summed E-state index contributed by atoms with van der Waals surface area (Å²) in [5.74, 6) is 0.345. The molecule has 0 unspecified atom stereocenters. The molecule has 2 nitrogen and oxygen atoms in total. The van der Waals surface area contributed by atoms with Gasteiger partial charge < -0.3 is 4.90 Å². The van der Waals surface area contributed by atoms with Crippen molar-refractivity contribution in [3.8, 4) is 0 Å². The zero-order chi connectivity index (χ0) is 10.8. The van der Waals surface area contributed by atoms with E-state index in [9.17, 15) is 4.79 Å². The van der Waals surface area contributed by atoms with Gasteiger partial charge in [0.2, 0.25) is 0 Å². The summed E-state index contributed by atoms with van der Waals surface area (Å²) >= 11 is 3.52. The highest BCUT2D eigenvalue weighted by Gasteiger charge is 2.17. The van der Waals surface area contributed by atoms with Gasteiger partial charge in [0.1, 0.15) is 0 Å². The number of rotatable bonds is 1. The van der Waals surface area contributed by atoms with Crippen molar-refractivity contribution in [1.82, 2.24) is 0 Å². The number of nitrogens with zero attached hydrogens (tertiary/aromatic N) is 1. The van der Waals surface area contributed by atoms with Gasteiger partial charge in [-0.1, -0.05) is 22.0 Å². The van der Waals surface area contributed by atoms with Gasteiger partial charge in [0.05, 0.1) is 6.54 Å². The molecular formula is C12H14BrNO. The second-order valence-corrected chi connectivity index (χ2v) is 4.85. The maximum Gasteiger partial charge on any atom is 0.152 e. The lowest BCUT2D eigenvalue weighted by Gasteiger charge is -2.28. The SMILES string of the molecule is Cc1ccc(N2CCCC(=O)C2)cc1Br. The Morgan fingerprint density at radius 3 is 2.87 bits per heavy atom. The molecule has 0 radical (unpaired) electrons. The Balaban J connectivity index is 2.21. The molecule has 0 aliphatic carbocycles. The topological polar surface area (TPSA) is 20.3 Å². The minimum Gasteiger partial charge on any atom is -0.364 e. The molecule has 80 valence electrons. The van der Waals surface area contributed by atoms with Crippen molar-refractivity contribution in [1.29, 1.82) is 0 Å². The normalized spacial score (nSPS) is 16.9. The van der Waals surface area contributed by atoms with Crippen LogP contribution < -0.4 is 4.90 Å². The van der Waals surface area contributed by atoms with Crippen molar-refractivity contribution < 1.29 is 4.79 Å². The molecule has 0 aromatic heterocycles. The summed E-state index contributed by atoms with van der Waals surface area (Å²) in [7, 11) is 0. The standard InChI is InChI=1S/C12H14BrNO/c1-9-4-5-10(7-12(9)13)14-6-2-3-11(15)8-14/h4-5,7H,2-3,6,8H2,1H3. The van der Waals surface area contributed by atoms with Gasteiger partial charge in [-0.25, -0.2) is 0 Å². The second-order valence-electron chi connectivity index (χ2n) is 4.00. The third-order valence-corrected chi connectivity index (χ3v) is 3.63. The Labute approximate surface area is 98.4 Å². The number of hydrogen-bond donors (Lipinski definition) is 0. The predicted octanol–water partition coefficient (Wildman–Crippen LogP) is 2.93. The van der Waals surface area contributed by atoms with Crippen LogP contribution in [0.3, 0.4) is 0 Å². The maximum atomic E-state index is 11.3. The molecule has 0 spiro atoms. The highest BCUT2D eigenvalue weighted by molar-refractivity contribution is 9.10. The van der Waals surface area contributed by atoms with E-state index in [1.165, 1.54) is 5.56 Å². The van der Waals surface area contributed by atoms with Crippen molar-refractivity contribution >= 4 is 27.4 Å². The zero-order valence-electron chi connectivity index (χ0n) is 8.79. The van der Waals surface area contributed by atoms with E-state index in [2.05, 4.69) is 46.0 Å². The largest absolute Gasteiger partial charge is 0.364 e. The van der Waals surface area contributed by atoms with Gasteiger partial charge >= 0.3 is 0 Å². The van der Waals surface area contributed by atoms with Crippen LogP contribution in [0.2, 0.25) is 0 Å². The molecule has 3 heteroatoms. The molecule has 1 fully saturated rings. The zero-order valence-corrected chi connectivity index (χ0v) is 10.4. The molecule has 2 rings (SSSR count). The summed E-state index contributed by atoms with van der Waals surface area (Å²) in [6, 6.07) is 6.26. The molecule has 0 saturated carbocycles. The van der Waals surface area contributed by atoms with E-state index in [-0.39, 0.29) is 0 Å². The lowest BCUT2D eigenvalue weighted by atomic mass is 10.1.